The maximum atomic E-state index is 4.37. The Morgan fingerprint density at radius 3 is 2.77 bits per heavy atom. The Balaban J connectivity index is 2.78. The number of nitrogens with zero attached hydrogens (tertiary/aromatic N) is 1. The fourth-order valence-corrected chi connectivity index (χ4v) is 1.45. The van der Waals surface area contributed by atoms with Crippen LogP contribution in [0.25, 0.3) is 0 Å². The number of hydrogen-bond donors (Lipinski definition) is 1. The lowest BCUT2D eigenvalue weighted by atomic mass is 10.1. The zero-order chi connectivity index (χ0) is 9.68. The minimum absolute atomic E-state index is 0.407. The van der Waals surface area contributed by atoms with Crippen LogP contribution in [0.3, 0.4) is 0 Å². The first-order chi connectivity index (χ1) is 6.27. The first kappa shape index (κ1) is 10.2. The summed E-state index contributed by atoms with van der Waals surface area (Å²) in [7, 11) is 0. The molecule has 0 fully saturated rings. The molecule has 13 heavy (non-hydrogen) atoms. The first-order valence-electron chi connectivity index (χ1n) is 4.93. The smallest absolute Gasteiger partial charge is 0.0575 e. The minimum Gasteiger partial charge on any atom is -0.309 e. The molecule has 2 nitrogen and oxygen atoms in total. The van der Waals surface area contributed by atoms with E-state index in [0.717, 1.165) is 18.7 Å². The van der Waals surface area contributed by atoms with Crippen molar-refractivity contribution in [3.05, 3.63) is 29.6 Å². The van der Waals surface area contributed by atoms with Crippen LogP contribution in [0.5, 0.6) is 0 Å². The van der Waals surface area contributed by atoms with Crippen LogP contribution in [0, 0.1) is 6.92 Å². The summed E-state index contributed by atoms with van der Waals surface area (Å²) in [6, 6.07) is 4.59. The lowest BCUT2D eigenvalue weighted by molar-refractivity contribution is 0.524. The molecule has 2 heteroatoms. The van der Waals surface area contributed by atoms with E-state index in [9.17, 15) is 0 Å². The van der Waals surface area contributed by atoms with Crippen LogP contribution in [0.1, 0.15) is 37.6 Å². The summed E-state index contributed by atoms with van der Waals surface area (Å²) < 4.78 is 0. The molecule has 1 atom stereocenters. The zero-order valence-electron chi connectivity index (χ0n) is 8.67. The third-order valence-electron chi connectivity index (χ3n) is 2.15. The maximum Gasteiger partial charge on any atom is 0.0575 e. The van der Waals surface area contributed by atoms with Crippen LogP contribution in [0.4, 0.5) is 0 Å². The predicted molar refractivity (Wildman–Crippen MR) is 55.7 cm³/mol. The van der Waals surface area contributed by atoms with Crippen molar-refractivity contribution in [2.75, 3.05) is 6.54 Å². The molecule has 0 bridgehead atoms. The van der Waals surface area contributed by atoms with Gasteiger partial charge in [0, 0.05) is 12.2 Å². The van der Waals surface area contributed by atoms with Crippen molar-refractivity contribution in [2.24, 2.45) is 0 Å². The Labute approximate surface area is 80.4 Å². The van der Waals surface area contributed by atoms with E-state index < -0.39 is 0 Å². The highest BCUT2D eigenvalue weighted by molar-refractivity contribution is 5.17. The zero-order valence-corrected chi connectivity index (χ0v) is 8.67. The van der Waals surface area contributed by atoms with E-state index in [4.69, 9.17) is 0 Å². The largest absolute Gasteiger partial charge is 0.309 e. The average Bonchev–Trinajstić information content (AvgIpc) is 2.14. The molecule has 1 N–H and O–H groups in total. The van der Waals surface area contributed by atoms with E-state index >= 15 is 0 Å². The summed E-state index contributed by atoms with van der Waals surface area (Å²) >= 11 is 0. The first-order valence-corrected chi connectivity index (χ1v) is 4.93. The Morgan fingerprint density at radius 2 is 2.23 bits per heavy atom. The lowest BCUT2D eigenvalue weighted by Gasteiger charge is -2.15. The van der Waals surface area contributed by atoms with Crippen LogP contribution < -0.4 is 5.32 Å². The lowest BCUT2D eigenvalue weighted by Crippen LogP contribution is -2.21. The van der Waals surface area contributed by atoms with Gasteiger partial charge in [-0.2, -0.15) is 0 Å². The third-order valence-corrected chi connectivity index (χ3v) is 2.15. The third kappa shape index (κ3) is 2.81. The normalized spacial score (nSPS) is 12.8. The molecule has 1 heterocycles. The van der Waals surface area contributed by atoms with Gasteiger partial charge >= 0.3 is 0 Å². The maximum absolute atomic E-state index is 4.37. The van der Waals surface area contributed by atoms with Gasteiger partial charge < -0.3 is 5.32 Å². The number of pyridine rings is 1. The van der Waals surface area contributed by atoms with Gasteiger partial charge in [0.1, 0.15) is 0 Å². The van der Waals surface area contributed by atoms with Gasteiger partial charge in [0.05, 0.1) is 5.69 Å². The van der Waals surface area contributed by atoms with Gasteiger partial charge in [-0.1, -0.05) is 13.8 Å². The van der Waals surface area contributed by atoms with Crippen LogP contribution in [-0.2, 0) is 0 Å². The van der Waals surface area contributed by atoms with E-state index in [-0.39, 0.29) is 0 Å². The molecule has 72 valence electrons. The molecule has 1 aromatic rings. The molecule has 0 saturated carbocycles. The summed E-state index contributed by atoms with van der Waals surface area (Å²) in [6.07, 6.45) is 2.97. The van der Waals surface area contributed by atoms with Crippen molar-refractivity contribution in [2.45, 2.75) is 33.2 Å². The van der Waals surface area contributed by atoms with Crippen molar-refractivity contribution in [3.63, 3.8) is 0 Å². The summed E-state index contributed by atoms with van der Waals surface area (Å²) in [5.41, 5.74) is 2.44. The second-order valence-electron chi connectivity index (χ2n) is 3.28. The van der Waals surface area contributed by atoms with Crippen molar-refractivity contribution in [1.82, 2.24) is 10.3 Å². The molecule has 0 aromatic carbocycles. The van der Waals surface area contributed by atoms with Crippen molar-refractivity contribution in [3.8, 4) is 0 Å². The summed E-state index contributed by atoms with van der Waals surface area (Å²) in [5.74, 6) is 0. The van der Waals surface area contributed by atoms with Crippen LogP contribution in [0.15, 0.2) is 18.3 Å². The highest BCUT2D eigenvalue weighted by Crippen LogP contribution is 2.14. The van der Waals surface area contributed by atoms with Gasteiger partial charge in [-0.15, -0.1) is 0 Å². The highest BCUT2D eigenvalue weighted by Gasteiger charge is 2.07. The van der Waals surface area contributed by atoms with Gasteiger partial charge in [0.2, 0.25) is 0 Å². The van der Waals surface area contributed by atoms with Crippen LogP contribution >= 0.6 is 0 Å². The monoisotopic (exact) mass is 178 g/mol. The number of rotatable bonds is 4. The topological polar surface area (TPSA) is 24.9 Å². The van der Waals surface area contributed by atoms with E-state index in [1.165, 1.54) is 5.56 Å². The van der Waals surface area contributed by atoms with Crippen molar-refractivity contribution < 1.29 is 0 Å². The molecule has 1 unspecified atom stereocenters. The van der Waals surface area contributed by atoms with Gasteiger partial charge in [0.15, 0.2) is 0 Å². The second-order valence-corrected chi connectivity index (χ2v) is 3.28. The molecule has 0 aliphatic heterocycles. The van der Waals surface area contributed by atoms with E-state index in [1.807, 2.05) is 12.3 Å². The Kier molecular flexibility index (Phi) is 3.90. The van der Waals surface area contributed by atoms with Crippen molar-refractivity contribution >= 4 is 0 Å². The summed E-state index contributed by atoms with van der Waals surface area (Å²) in [5, 5.41) is 3.41. The van der Waals surface area contributed by atoms with Crippen molar-refractivity contribution in [1.29, 1.82) is 0 Å². The van der Waals surface area contributed by atoms with Gasteiger partial charge in [-0.05, 0) is 37.6 Å². The predicted octanol–water partition coefficient (Wildman–Crippen LogP) is 2.45. The van der Waals surface area contributed by atoms with Gasteiger partial charge in [-0.25, -0.2) is 0 Å². The Bertz CT molecular complexity index is 258. The molecule has 0 aliphatic rings. The van der Waals surface area contributed by atoms with E-state index in [2.05, 4.69) is 37.1 Å². The molecule has 1 rings (SSSR count). The number of aromatic nitrogens is 1. The molecule has 1 aromatic heterocycles. The fourth-order valence-electron chi connectivity index (χ4n) is 1.45. The van der Waals surface area contributed by atoms with E-state index in [1.54, 1.807) is 0 Å². The van der Waals surface area contributed by atoms with Gasteiger partial charge in [-0.3, -0.25) is 4.98 Å². The quantitative estimate of drug-likeness (QED) is 0.766. The average molecular weight is 178 g/mol. The molecule has 0 amide bonds. The Morgan fingerprint density at radius 1 is 1.46 bits per heavy atom. The number of nitrogens with one attached hydrogen (secondary N) is 1. The van der Waals surface area contributed by atoms with Crippen LogP contribution in [-0.4, -0.2) is 11.5 Å². The number of hydrogen-bond acceptors (Lipinski definition) is 2. The molecular weight excluding hydrogens is 160 g/mol. The second kappa shape index (κ2) is 4.97. The molecule has 0 aliphatic carbocycles. The molecule has 0 radical (unpaired) electrons. The standard InChI is InChI=1S/C11H18N2/c1-4-10(12-5-2)11-8-9(3)6-7-13-11/h6-8,10,12H,4-5H2,1-3H3. The molecule has 0 spiro atoms. The van der Waals surface area contributed by atoms with Gasteiger partial charge in [0.25, 0.3) is 0 Å². The minimum atomic E-state index is 0.407. The highest BCUT2D eigenvalue weighted by atomic mass is 14.9. The molecular formula is C11H18N2. The Hall–Kier alpha value is -0.890. The number of aryl methyl sites for hydroxylation is 1. The van der Waals surface area contributed by atoms with E-state index in [0.29, 0.717) is 6.04 Å². The SMILES string of the molecule is CCNC(CC)c1cc(C)ccn1. The summed E-state index contributed by atoms with van der Waals surface area (Å²) in [4.78, 5) is 4.37. The summed E-state index contributed by atoms with van der Waals surface area (Å²) in [6.45, 7) is 7.40. The molecule has 0 saturated heterocycles. The van der Waals surface area contributed by atoms with Crippen LogP contribution in [0.2, 0.25) is 0 Å². The fraction of sp³-hybridized carbons (Fsp3) is 0.545.